The Hall–Kier alpha value is -2.01. The summed E-state index contributed by atoms with van der Waals surface area (Å²) in [5.74, 6) is -0.321. The van der Waals surface area contributed by atoms with E-state index in [4.69, 9.17) is 0 Å². The molecule has 1 heterocycles. The van der Waals surface area contributed by atoms with E-state index in [0.29, 0.717) is 11.1 Å². The first-order valence-corrected chi connectivity index (χ1v) is 8.63. The van der Waals surface area contributed by atoms with Gasteiger partial charge in [-0.05, 0) is 70.8 Å². The summed E-state index contributed by atoms with van der Waals surface area (Å²) >= 11 is 0. The first kappa shape index (κ1) is 17.8. The van der Waals surface area contributed by atoms with Crippen molar-refractivity contribution in [2.45, 2.75) is 59.2 Å². The minimum absolute atomic E-state index is 0.0572. The Morgan fingerprint density at radius 2 is 1.12 bits per heavy atom. The Balaban J connectivity index is 2.34. The molecule has 1 aliphatic heterocycles. The summed E-state index contributed by atoms with van der Waals surface area (Å²) in [7, 11) is 3.40. The fourth-order valence-corrected chi connectivity index (χ4v) is 4.34. The summed E-state index contributed by atoms with van der Waals surface area (Å²) in [6, 6.07) is -1.40. The zero-order valence-electron chi connectivity index (χ0n) is 16.3. The van der Waals surface area contributed by atoms with Crippen LogP contribution in [0, 0.1) is 27.7 Å². The van der Waals surface area contributed by atoms with E-state index >= 15 is 0 Å². The minimum atomic E-state index is -0.827. The van der Waals surface area contributed by atoms with Gasteiger partial charge in [-0.15, -0.1) is 0 Å². The zero-order chi connectivity index (χ0) is 19.0. The van der Waals surface area contributed by atoms with Gasteiger partial charge >= 0.3 is 0 Å². The molecule has 1 aromatic carbocycles. The van der Waals surface area contributed by atoms with Crippen LogP contribution in [0.5, 0.6) is 0 Å². The van der Waals surface area contributed by atoms with Gasteiger partial charge in [0, 0.05) is 18.2 Å². The lowest BCUT2D eigenvalue weighted by Gasteiger charge is -2.53. The van der Waals surface area contributed by atoms with Crippen LogP contribution in [0.3, 0.4) is 0 Å². The minimum Gasteiger partial charge on any atom is -0.332 e. The molecule has 0 radical (unpaired) electrons. The van der Waals surface area contributed by atoms with Gasteiger partial charge in [-0.1, -0.05) is 0 Å². The van der Waals surface area contributed by atoms with Crippen LogP contribution in [0.4, 0.5) is 0 Å². The Labute approximate surface area is 149 Å². The van der Waals surface area contributed by atoms with E-state index in [1.165, 1.54) is 4.90 Å². The number of hydrogen-bond donors (Lipinski definition) is 0. The third-order valence-corrected chi connectivity index (χ3v) is 6.58. The molecule has 2 aliphatic rings. The maximum Gasteiger partial charge on any atom is 0.242 e. The first-order valence-electron chi connectivity index (χ1n) is 8.63. The van der Waals surface area contributed by atoms with Crippen molar-refractivity contribution >= 4 is 17.5 Å². The van der Waals surface area contributed by atoms with Gasteiger partial charge in [0.2, 0.25) is 5.91 Å². The standard InChI is InChI=1S/C20H26N2O3/c1-9-10(2)12(4)14-13(11(9)3)17(23)15-16(18(14)24)22(8)20(5,6)19(25)21(15)7/h15-16H,1-8H3. The lowest BCUT2D eigenvalue weighted by Crippen LogP contribution is -2.74. The van der Waals surface area contributed by atoms with Crippen molar-refractivity contribution in [1.82, 2.24) is 9.80 Å². The van der Waals surface area contributed by atoms with E-state index in [9.17, 15) is 14.4 Å². The van der Waals surface area contributed by atoms with Crippen LogP contribution in [-0.2, 0) is 4.79 Å². The van der Waals surface area contributed by atoms with Crippen molar-refractivity contribution in [1.29, 1.82) is 0 Å². The maximum atomic E-state index is 13.5. The van der Waals surface area contributed by atoms with E-state index in [-0.39, 0.29) is 17.5 Å². The Kier molecular flexibility index (Phi) is 3.73. The molecule has 5 heteroatoms. The second kappa shape index (κ2) is 5.24. The number of ketones is 2. The third kappa shape index (κ3) is 2.02. The van der Waals surface area contributed by atoms with Crippen molar-refractivity contribution in [3.8, 4) is 0 Å². The first-order chi connectivity index (χ1) is 11.4. The number of nitrogens with zero attached hydrogens (tertiary/aromatic N) is 2. The summed E-state index contributed by atoms with van der Waals surface area (Å²) in [5, 5.41) is 0. The number of amides is 1. The molecule has 5 nitrogen and oxygen atoms in total. The number of Topliss-reactive ketones (excluding diaryl/α,β-unsaturated/α-hetero) is 2. The molecule has 1 amide bonds. The highest BCUT2D eigenvalue weighted by molar-refractivity contribution is 6.22. The van der Waals surface area contributed by atoms with Crippen LogP contribution in [0.1, 0.15) is 56.8 Å². The predicted molar refractivity (Wildman–Crippen MR) is 96.2 cm³/mol. The molecule has 2 unspecified atom stereocenters. The molecule has 1 fully saturated rings. The second-order valence-corrected chi connectivity index (χ2v) is 7.95. The number of carbonyl (C=O) groups is 3. The van der Waals surface area contributed by atoms with Gasteiger partial charge in [-0.3, -0.25) is 19.3 Å². The van der Waals surface area contributed by atoms with Gasteiger partial charge in [0.05, 0.1) is 5.54 Å². The number of piperazine rings is 1. The number of carbonyl (C=O) groups excluding carboxylic acids is 3. The fraction of sp³-hybridized carbons (Fsp3) is 0.550. The van der Waals surface area contributed by atoms with Crippen LogP contribution >= 0.6 is 0 Å². The molecule has 0 saturated carbocycles. The highest BCUT2D eigenvalue weighted by Gasteiger charge is 2.57. The van der Waals surface area contributed by atoms with Crippen LogP contribution in [0.2, 0.25) is 0 Å². The summed E-state index contributed by atoms with van der Waals surface area (Å²) in [6.07, 6.45) is 0. The number of hydrogen-bond acceptors (Lipinski definition) is 4. The highest BCUT2D eigenvalue weighted by atomic mass is 16.2. The summed E-state index contributed by atoms with van der Waals surface area (Å²) in [6.45, 7) is 11.4. The Bertz CT molecular complexity index is 838. The maximum absolute atomic E-state index is 13.5. The topological polar surface area (TPSA) is 57.7 Å². The van der Waals surface area contributed by atoms with Gasteiger partial charge < -0.3 is 4.90 Å². The van der Waals surface area contributed by atoms with Crippen molar-refractivity contribution in [2.75, 3.05) is 14.1 Å². The molecule has 0 bridgehead atoms. The normalized spacial score (nSPS) is 25.9. The molecule has 0 N–H and O–H groups in total. The summed E-state index contributed by atoms with van der Waals surface area (Å²) in [5.41, 5.74) is 4.03. The number of rotatable bonds is 0. The average Bonchev–Trinajstić information content (AvgIpc) is 2.55. The van der Waals surface area contributed by atoms with E-state index in [1.807, 2.05) is 27.7 Å². The van der Waals surface area contributed by atoms with Gasteiger partial charge in [0.25, 0.3) is 0 Å². The summed E-state index contributed by atoms with van der Waals surface area (Å²) in [4.78, 5) is 42.8. The fourth-order valence-electron chi connectivity index (χ4n) is 4.34. The molecule has 25 heavy (non-hydrogen) atoms. The van der Waals surface area contributed by atoms with Crippen molar-refractivity contribution in [3.05, 3.63) is 33.4 Å². The van der Waals surface area contributed by atoms with Gasteiger partial charge in [0.15, 0.2) is 11.6 Å². The predicted octanol–water partition coefficient (Wildman–Crippen LogP) is 2.22. The molecule has 0 spiro atoms. The smallest absolute Gasteiger partial charge is 0.242 e. The van der Waals surface area contributed by atoms with Crippen LogP contribution in [0.25, 0.3) is 0 Å². The average molecular weight is 342 g/mol. The van der Waals surface area contributed by atoms with E-state index < -0.39 is 17.6 Å². The summed E-state index contributed by atoms with van der Waals surface area (Å²) < 4.78 is 0. The molecule has 1 aromatic rings. The number of likely N-dealkylation sites (N-methyl/N-ethyl adjacent to an activating group) is 2. The van der Waals surface area contributed by atoms with Gasteiger partial charge in [-0.2, -0.15) is 0 Å². The lowest BCUT2D eigenvalue weighted by atomic mass is 9.72. The Morgan fingerprint density at radius 1 is 0.720 bits per heavy atom. The SMILES string of the molecule is Cc1c(C)c(C)c2c(c1C)C(=O)C1C(C2=O)N(C)C(C)(C)C(=O)N1C. The molecule has 1 aliphatic carbocycles. The molecule has 2 atom stereocenters. The van der Waals surface area contributed by atoms with Crippen LogP contribution in [0.15, 0.2) is 0 Å². The molecular formula is C20H26N2O3. The van der Waals surface area contributed by atoms with Crippen molar-refractivity contribution in [2.24, 2.45) is 0 Å². The largest absolute Gasteiger partial charge is 0.332 e. The number of fused-ring (bicyclic) bond motifs is 2. The molecule has 1 saturated heterocycles. The van der Waals surface area contributed by atoms with E-state index in [0.717, 1.165) is 22.3 Å². The molecule has 0 aromatic heterocycles. The quantitative estimate of drug-likeness (QED) is 0.725. The van der Waals surface area contributed by atoms with Gasteiger partial charge in [0.1, 0.15) is 12.1 Å². The van der Waals surface area contributed by atoms with Crippen molar-refractivity contribution in [3.63, 3.8) is 0 Å². The Morgan fingerprint density at radius 3 is 1.56 bits per heavy atom. The molecule has 3 rings (SSSR count). The zero-order valence-corrected chi connectivity index (χ0v) is 16.3. The third-order valence-electron chi connectivity index (χ3n) is 6.58. The van der Waals surface area contributed by atoms with Crippen LogP contribution in [-0.4, -0.2) is 59.0 Å². The van der Waals surface area contributed by atoms with Crippen LogP contribution < -0.4 is 0 Å². The second-order valence-electron chi connectivity index (χ2n) is 7.95. The van der Waals surface area contributed by atoms with E-state index in [2.05, 4.69) is 0 Å². The highest BCUT2D eigenvalue weighted by Crippen LogP contribution is 2.39. The molecular weight excluding hydrogens is 316 g/mol. The lowest BCUT2D eigenvalue weighted by molar-refractivity contribution is -0.151. The monoisotopic (exact) mass is 342 g/mol. The van der Waals surface area contributed by atoms with Crippen molar-refractivity contribution < 1.29 is 14.4 Å². The van der Waals surface area contributed by atoms with E-state index in [1.54, 1.807) is 32.8 Å². The molecule has 134 valence electrons. The van der Waals surface area contributed by atoms with Gasteiger partial charge in [-0.25, -0.2) is 0 Å². The number of benzene rings is 1.